The van der Waals surface area contributed by atoms with Crippen molar-refractivity contribution in [1.29, 1.82) is 0 Å². The number of aliphatic hydroxyl groups is 1. The normalized spacial score (nSPS) is 15.4. The molecule has 35 heavy (non-hydrogen) atoms. The van der Waals surface area contributed by atoms with Crippen LogP contribution in [0.15, 0.2) is 22.7 Å². The van der Waals surface area contributed by atoms with Crippen molar-refractivity contribution < 1.29 is 14.4 Å². The number of ether oxygens (including phenoxy) is 1. The number of aryl methyl sites for hydroxylation is 2. The third-order valence-electron chi connectivity index (χ3n) is 6.74. The van der Waals surface area contributed by atoms with Gasteiger partial charge in [-0.15, -0.1) is 0 Å². The van der Waals surface area contributed by atoms with Gasteiger partial charge in [0.25, 0.3) is 0 Å². The summed E-state index contributed by atoms with van der Waals surface area (Å²) in [7, 11) is 1.79. The van der Waals surface area contributed by atoms with Crippen LogP contribution in [0.3, 0.4) is 0 Å². The minimum absolute atomic E-state index is 0.159. The van der Waals surface area contributed by atoms with Crippen LogP contribution < -0.4 is 10.1 Å². The highest BCUT2D eigenvalue weighted by Gasteiger charge is 2.23. The SMILES string of the molecule is CNCC(O)COc1cc(Cl)cc(-c2nc(CC3CCCCC3)c(C)c(-c3c(C)noc3C)n2)c1. The van der Waals surface area contributed by atoms with Gasteiger partial charge >= 0.3 is 0 Å². The Morgan fingerprint density at radius 3 is 2.60 bits per heavy atom. The van der Waals surface area contributed by atoms with Crippen LogP contribution in [-0.4, -0.2) is 46.5 Å². The highest BCUT2D eigenvalue weighted by Crippen LogP contribution is 2.35. The van der Waals surface area contributed by atoms with Crippen LogP contribution in [0.5, 0.6) is 5.75 Å². The Morgan fingerprint density at radius 2 is 1.91 bits per heavy atom. The van der Waals surface area contributed by atoms with Crippen LogP contribution >= 0.6 is 11.6 Å². The molecule has 0 bridgehead atoms. The monoisotopic (exact) mass is 498 g/mol. The molecule has 0 amide bonds. The van der Waals surface area contributed by atoms with Crippen LogP contribution in [-0.2, 0) is 6.42 Å². The molecule has 1 unspecified atom stereocenters. The van der Waals surface area contributed by atoms with Crippen molar-refractivity contribution in [3.05, 3.63) is 45.9 Å². The largest absolute Gasteiger partial charge is 0.491 e. The van der Waals surface area contributed by atoms with E-state index in [0.717, 1.165) is 46.0 Å². The molecule has 3 aromatic rings. The lowest BCUT2D eigenvalue weighted by atomic mass is 9.85. The molecule has 2 N–H and O–H groups in total. The van der Waals surface area contributed by atoms with Gasteiger partial charge in [0, 0.05) is 22.8 Å². The van der Waals surface area contributed by atoms with Crippen molar-refractivity contribution >= 4 is 11.6 Å². The van der Waals surface area contributed by atoms with Gasteiger partial charge in [-0.25, -0.2) is 9.97 Å². The second-order valence-electron chi connectivity index (χ2n) is 9.57. The van der Waals surface area contributed by atoms with E-state index in [0.29, 0.717) is 29.1 Å². The summed E-state index contributed by atoms with van der Waals surface area (Å²) in [5, 5.41) is 17.6. The summed E-state index contributed by atoms with van der Waals surface area (Å²) < 4.78 is 11.3. The number of benzene rings is 1. The molecule has 1 fully saturated rings. The first-order valence-corrected chi connectivity index (χ1v) is 12.8. The summed E-state index contributed by atoms with van der Waals surface area (Å²) in [6, 6.07) is 5.47. The highest BCUT2D eigenvalue weighted by molar-refractivity contribution is 6.31. The predicted octanol–water partition coefficient (Wildman–Crippen LogP) is 5.46. The van der Waals surface area contributed by atoms with Crippen LogP contribution in [0.2, 0.25) is 5.02 Å². The summed E-state index contributed by atoms with van der Waals surface area (Å²) in [5.74, 6) is 2.54. The molecule has 0 aliphatic heterocycles. The molecule has 1 saturated carbocycles. The molecular formula is C27H35ClN4O3. The second-order valence-corrected chi connectivity index (χ2v) is 10.0. The van der Waals surface area contributed by atoms with Gasteiger partial charge in [-0.05, 0) is 63.9 Å². The van der Waals surface area contributed by atoms with Crippen LogP contribution in [0, 0.1) is 26.7 Å². The molecule has 1 aliphatic carbocycles. The van der Waals surface area contributed by atoms with Crippen molar-refractivity contribution in [2.75, 3.05) is 20.2 Å². The third-order valence-corrected chi connectivity index (χ3v) is 6.95. The lowest BCUT2D eigenvalue weighted by Crippen LogP contribution is -2.29. The molecule has 188 valence electrons. The first-order valence-electron chi connectivity index (χ1n) is 12.4. The van der Waals surface area contributed by atoms with Crippen molar-refractivity contribution in [1.82, 2.24) is 20.4 Å². The summed E-state index contributed by atoms with van der Waals surface area (Å²) in [5.41, 5.74) is 5.49. The number of halogens is 1. The molecule has 7 nitrogen and oxygen atoms in total. The summed E-state index contributed by atoms with van der Waals surface area (Å²) in [6.45, 7) is 6.56. The zero-order valence-corrected chi connectivity index (χ0v) is 21.8. The molecule has 1 aromatic carbocycles. The topological polar surface area (TPSA) is 93.3 Å². The maximum Gasteiger partial charge on any atom is 0.160 e. The van der Waals surface area contributed by atoms with Gasteiger partial charge in [-0.2, -0.15) is 0 Å². The fraction of sp³-hybridized carbons (Fsp3) is 0.519. The molecule has 4 rings (SSSR count). The van der Waals surface area contributed by atoms with Gasteiger partial charge in [0.2, 0.25) is 0 Å². The minimum atomic E-state index is -0.619. The van der Waals surface area contributed by atoms with Crippen LogP contribution in [0.4, 0.5) is 0 Å². The Balaban J connectivity index is 1.75. The number of rotatable bonds is 9. The van der Waals surface area contributed by atoms with Crippen molar-refractivity contribution in [2.45, 2.75) is 65.4 Å². The molecule has 8 heteroatoms. The molecule has 0 saturated heterocycles. The maximum atomic E-state index is 10.0. The Bertz CT molecular complexity index is 1140. The van der Waals surface area contributed by atoms with Gasteiger partial charge in [0.15, 0.2) is 5.82 Å². The van der Waals surface area contributed by atoms with Crippen LogP contribution in [0.25, 0.3) is 22.6 Å². The van der Waals surface area contributed by atoms with Gasteiger partial charge < -0.3 is 19.7 Å². The Kier molecular flexibility index (Phi) is 8.42. The van der Waals surface area contributed by atoms with E-state index < -0.39 is 6.10 Å². The first kappa shape index (κ1) is 25.6. The average molecular weight is 499 g/mol. The van der Waals surface area contributed by atoms with Crippen molar-refractivity contribution in [3.63, 3.8) is 0 Å². The number of nitrogens with one attached hydrogen (secondary N) is 1. The zero-order chi connectivity index (χ0) is 24.9. The highest BCUT2D eigenvalue weighted by atomic mass is 35.5. The van der Waals surface area contributed by atoms with E-state index in [4.69, 9.17) is 30.8 Å². The summed E-state index contributed by atoms with van der Waals surface area (Å²) in [4.78, 5) is 10.0. The van der Waals surface area contributed by atoms with E-state index in [1.54, 1.807) is 13.1 Å². The van der Waals surface area contributed by atoms with Gasteiger partial charge in [-0.3, -0.25) is 0 Å². The fourth-order valence-electron chi connectivity index (χ4n) is 4.88. The molecule has 0 spiro atoms. The Hall–Kier alpha value is -2.48. The van der Waals surface area contributed by atoms with Gasteiger partial charge in [0.05, 0.1) is 17.0 Å². The second kappa shape index (κ2) is 11.5. The third kappa shape index (κ3) is 6.21. The van der Waals surface area contributed by atoms with E-state index in [-0.39, 0.29) is 6.61 Å². The standard InChI is InChI=1S/C27H35ClN4O3/c1-16-24(10-19-8-6-5-7-9-19)30-27(31-26(16)25-17(2)32-35-18(25)3)20-11-21(28)13-23(12-20)34-15-22(33)14-29-4/h11-13,19,22,29,33H,5-10,14-15H2,1-4H3. The van der Waals surface area contributed by atoms with E-state index in [1.165, 1.54) is 32.1 Å². The number of aliphatic hydroxyl groups excluding tert-OH is 1. The molecule has 1 aliphatic rings. The molecule has 1 atom stereocenters. The molecule has 2 heterocycles. The van der Waals surface area contributed by atoms with E-state index >= 15 is 0 Å². The number of aromatic nitrogens is 3. The van der Waals surface area contributed by atoms with E-state index in [2.05, 4.69) is 17.4 Å². The van der Waals surface area contributed by atoms with Gasteiger partial charge in [-0.1, -0.05) is 48.9 Å². The van der Waals surface area contributed by atoms with Crippen molar-refractivity contribution in [3.8, 4) is 28.4 Å². The maximum absolute atomic E-state index is 10.0. The number of likely N-dealkylation sites (N-methyl/N-ethyl adjacent to an activating group) is 1. The molecular weight excluding hydrogens is 464 g/mol. The molecule has 0 radical (unpaired) electrons. The van der Waals surface area contributed by atoms with Crippen molar-refractivity contribution in [2.24, 2.45) is 5.92 Å². The Labute approximate surface area is 212 Å². The first-order chi connectivity index (χ1) is 16.9. The number of hydrogen-bond donors (Lipinski definition) is 2. The average Bonchev–Trinajstić information content (AvgIpc) is 3.17. The van der Waals surface area contributed by atoms with Crippen LogP contribution in [0.1, 0.15) is 54.8 Å². The zero-order valence-electron chi connectivity index (χ0n) is 21.0. The predicted molar refractivity (Wildman–Crippen MR) is 138 cm³/mol. The minimum Gasteiger partial charge on any atom is -0.491 e. The molecule has 2 aromatic heterocycles. The quantitative estimate of drug-likeness (QED) is 0.404. The van der Waals surface area contributed by atoms with E-state index in [1.807, 2.05) is 26.0 Å². The lowest BCUT2D eigenvalue weighted by molar-refractivity contribution is 0.108. The van der Waals surface area contributed by atoms with E-state index in [9.17, 15) is 5.11 Å². The fourth-order valence-corrected chi connectivity index (χ4v) is 5.11. The smallest absolute Gasteiger partial charge is 0.160 e. The lowest BCUT2D eigenvalue weighted by Gasteiger charge is -2.22. The van der Waals surface area contributed by atoms with Gasteiger partial charge in [0.1, 0.15) is 24.2 Å². The summed E-state index contributed by atoms with van der Waals surface area (Å²) >= 11 is 6.46. The number of hydrogen-bond acceptors (Lipinski definition) is 7. The summed E-state index contributed by atoms with van der Waals surface area (Å²) in [6.07, 6.45) is 6.68. The Morgan fingerprint density at radius 1 is 1.14 bits per heavy atom. The number of nitrogens with zero attached hydrogens (tertiary/aromatic N) is 3.